The number of carbonyl (C=O) groups is 1. The number of benzene rings is 1. The van der Waals surface area contributed by atoms with Crippen LogP contribution in [0.25, 0.3) is 0 Å². The summed E-state index contributed by atoms with van der Waals surface area (Å²) in [6, 6.07) is 4.90. The summed E-state index contributed by atoms with van der Waals surface area (Å²) in [6.07, 6.45) is -4.38. The summed E-state index contributed by atoms with van der Waals surface area (Å²) in [5.41, 5.74) is 0.0873. The van der Waals surface area contributed by atoms with E-state index < -0.39 is 11.7 Å². The Morgan fingerprint density at radius 2 is 2.19 bits per heavy atom. The second-order valence-corrected chi connectivity index (χ2v) is 6.06. The molecule has 0 spiro atoms. The van der Waals surface area contributed by atoms with Gasteiger partial charge in [-0.2, -0.15) is 13.2 Å². The molecule has 0 atom stereocenters. The van der Waals surface area contributed by atoms with Gasteiger partial charge in [0.1, 0.15) is 0 Å². The van der Waals surface area contributed by atoms with Crippen LogP contribution >= 0.6 is 23.1 Å². The van der Waals surface area contributed by atoms with Gasteiger partial charge in [-0.15, -0.1) is 23.1 Å². The number of alkyl halides is 3. The van der Waals surface area contributed by atoms with E-state index in [0.717, 1.165) is 29.6 Å². The average Bonchev–Trinajstić information content (AvgIpc) is 2.81. The molecular weight excluding hydrogens is 321 g/mol. The zero-order chi connectivity index (χ0) is 15.5. The van der Waals surface area contributed by atoms with Crippen molar-refractivity contribution in [1.82, 2.24) is 4.98 Å². The maximum atomic E-state index is 12.6. The molecule has 0 radical (unpaired) electrons. The number of amides is 1. The van der Waals surface area contributed by atoms with Crippen LogP contribution < -0.4 is 5.32 Å². The Morgan fingerprint density at radius 1 is 1.43 bits per heavy atom. The Kier molecular flexibility index (Phi) is 4.89. The summed E-state index contributed by atoms with van der Waals surface area (Å²) in [4.78, 5) is 16.2. The van der Waals surface area contributed by atoms with E-state index in [1.165, 1.54) is 17.4 Å². The standard InChI is InChI=1S/C13H11F3N2OS2/c1-8-6-21-12(17-8)18-11(19)7-20-10-4-2-3-9(5-10)13(14,15)16/h2-6H,7H2,1H3,(H,17,18,19). The van der Waals surface area contributed by atoms with Crippen LogP contribution in [0.4, 0.5) is 18.3 Å². The van der Waals surface area contributed by atoms with Gasteiger partial charge in [0.25, 0.3) is 0 Å². The van der Waals surface area contributed by atoms with Gasteiger partial charge in [-0.3, -0.25) is 4.79 Å². The molecule has 112 valence electrons. The molecule has 21 heavy (non-hydrogen) atoms. The molecule has 0 saturated heterocycles. The van der Waals surface area contributed by atoms with Crippen molar-refractivity contribution in [3.63, 3.8) is 0 Å². The van der Waals surface area contributed by atoms with E-state index in [9.17, 15) is 18.0 Å². The van der Waals surface area contributed by atoms with Gasteiger partial charge >= 0.3 is 6.18 Å². The van der Waals surface area contributed by atoms with Gasteiger partial charge in [0, 0.05) is 10.3 Å². The first kappa shape index (κ1) is 15.8. The molecule has 1 heterocycles. The van der Waals surface area contributed by atoms with E-state index in [4.69, 9.17) is 0 Å². The summed E-state index contributed by atoms with van der Waals surface area (Å²) < 4.78 is 37.7. The summed E-state index contributed by atoms with van der Waals surface area (Å²) in [5, 5.41) is 4.89. The Balaban J connectivity index is 1.92. The molecule has 0 aliphatic heterocycles. The Labute approximate surface area is 127 Å². The van der Waals surface area contributed by atoms with E-state index in [0.29, 0.717) is 10.0 Å². The lowest BCUT2D eigenvalue weighted by Crippen LogP contribution is -2.13. The molecule has 0 fully saturated rings. The second kappa shape index (κ2) is 6.48. The molecule has 0 aliphatic rings. The molecule has 1 aromatic heterocycles. The van der Waals surface area contributed by atoms with E-state index in [-0.39, 0.29) is 11.7 Å². The minimum Gasteiger partial charge on any atom is -0.301 e. The summed E-state index contributed by atoms with van der Waals surface area (Å²) in [7, 11) is 0. The molecule has 2 rings (SSSR count). The topological polar surface area (TPSA) is 42.0 Å². The second-order valence-electron chi connectivity index (χ2n) is 4.16. The fourth-order valence-electron chi connectivity index (χ4n) is 1.48. The van der Waals surface area contributed by atoms with Crippen molar-refractivity contribution in [1.29, 1.82) is 0 Å². The summed E-state index contributed by atoms with van der Waals surface area (Å²) >= 11 is 2.35. The van der Waals surface area contributed by atoms with Crippen LogP contribution in [0.3, 0.4) is 0 Å². The number of hydrogen-bond donors (Lipinski definition) is 1. The molecule has 3 nitrogen and oxygen atoms in total. The molecule has 0 saturated carbocycles. The maximum Gasteiger partial charge on any atom is 0.416 e. The van der Waals surface area contributed by atoms with E-state index in [1.54, 1.807) is 11.4 Å². The number of thiazole rings is 1. The summed E-state index contributed by atoms with van der Waals surface area (Å²) in [6.45, 7) is 1.81. The number of halogens is 3. The van der Waals surface area contributed by atoms with Gasteiger partial charge in [0.05, 0.1) is 17.0 Å². The molecule has 1 aromatic carbocycles. The van der Waals surface area contributed by atoms with Crippen molar-refractivity contribution >= 4 is 34.1 Å². The Bertz CT molecular complexity index is 640. The number of anilines is 1. The third kappa shape index (κ3) is 4.75. The lowest BCUT2D eigenvalue weighted by atomic mass is 10.2. The highest BCUT2D eigenvalue weighted by Crippen LogP contribution is 2.31. The quantitative estimate of drug-likeness (QED) is 0.853. The molecule has 0 bridgehead atoms. The van der Waals surface area contributed by atoms with Crippen molar-refractivity contribution in [2.75, 3.05) is 11.1 Å². The molecule has 0 aliphatic carbocycles. The van der Waals surface area contributed by atoms with Crippen molar-refractivity contribution < 1.29 is 18.0 Å². The smallest absolute Gasteiger partial charge is 0.301 e. The van der Waals surface area contributed by atoms with Gasteiger partial charge in [0.15, 0.2) is 5.13 Å². The number of aryl methyl sites for hydroxylation is 1. The van der Waals surface area contributed by atoms with Crippen molar-refractivity contribution in [3.8, 4) is 0 Å². The predicted octanol–water partition coefficient (Wildman–Crippen LogP) is 4.20. The monoisotopic (exact) mass is 332 g/mol. The van der Waals surface area contributed by atoms with Crippen molar-refractivity contribution in [2.24, 2.45) is 0 Å². The maximum absolute atomic E-state index is 12.6. The van der Waals surface area contributed by atoms with Crippen LogP contribution in [0, 0.1) is 6.92 Å². The van der Waals surface area contributed by atoms with Crippen LogP contribution in [0.2, 0.25) is 0 Å². The Morgan fingerprint density at radius 3 is 2.81 bits per heavy atom. The number of rotatable bonds is 4. The number of hydrogen-bond acceptors (Lipinski definition) is 4. The third-order valence-corrected chi connectivity index (χ3v) is 4.27. The molecule has 2 aromatic rings. The zero-order valence-electron chi connectivity index (χ0n) is 10.9. The minimum absolute atomic E-state index is 0.0277. The van der Waals surface area contributed by atoms with Gasteiger partial charge in [0.2, 0.25) is 5.91 Å². The molecule has 0 unspecified atom stereocenters. The first-order chi connectivity index (χ1) is 9.84. The van der Waals surface area contributed by atoms with E-state index >= 15 is 0 Å². The molecular formula is C13H11F3N2OS2. The number of aromatic nitrogens is 1. The SMILES string of the molecule is Cc1csc(NC(=O)CSc2cccc(C(F)(F)F)c2)n1. The number of carbonyl (C=O) groups excluding carboxylic acids is 1. The van der Waals surface area contributed by atoms with Crippen LogP contribution in [0.1, 0.15) is 11.3 Å². The van der Waals surface area contributed by atoms with Gasteiger partial charge < -0.3 is 5.32 Å². The van der Waals surface area contributed by atoms with Crippen LogP contribution in [0.15, 0.2) is 34.5 Å². The summed E-state index contributed by atoms with van der Waals surface area (Å²) in [5.74, 6) is -0.272. The van der Waals surface area contributed by atoms with E-state index in [1.807, 2.05) is 6.92 Å². The van der Waals surface area contributed by atoms with Crippen molar-refractivity contribution in [3.05, 3.63) is 40.9 Å². The Hall–Kier alpha value is -1.54. The fourth-order valence-corrected chi connectivity index (χ4v) is 2.94. The zero-order valence-corrected chi connectivity index (χ0v) is 12.5. The number of nitrogens with zero attached hydrogens (tertiary/aromatic N) is 1. The lowest BCUT2D eigenvalue weighted by molar-refractivity contribution is -0.137. The molecule has 1 N–H and O–H groups in total. The van der Waals surface area contributed by atoms with E-state index in [2.05, 4.69) is 10.3 Å². The highest BCUT2D eigenvalue weighted by Gasteiger charge is 2.30. The van der Waals surface area contributed by atoms with Crippen LogP contribution in [-0.2, 0) is 11.0 Å². The fraction of sp³-hybridized carbons (Fsp3) is 0.231. The first-order valence-corrected chi connectivity index (χ1v) is 7.73. The van der Waals surface area contributed by atoms with Gasteiger partial charge in [-0.25, -0.2) is 4.98 Å². The third-order valence-electron chi connectivity index (χ3n) is 2.40. The molecule has 1 amide bonds. The van der Waals surface area contributed by atoms with Gasteiger partial charge in [-0.1, -0.05) is 6.07 Å². The normalized spacial score (nSPS) is 11.4. The number of nitrogens with one attached hydrogen (secondary N) is 1. The first-order valence-electron chi connectivity index (χ1n) is 5.86. The molecule has 8 heteroatoms. The largest absolute Gasteiger partial charge is 0.416 e. The highest BCUT2D eigenvalue weighted by molar-refractivity contribution is 8.00. The minimum atomic E-state index is -4.38. The predicted molar refractivity (Wildman–Crippen MR) is 77.6 cm³/mol. The van der Waals surface area contributed by atoms with Crippen LogP contribution in [0.5, 0.6) is 0 Å². The van der Waals surface area contributed by atoms with Gasteiger partial charge in [-0.05, 0) is 25.1 Å². The highest BCUT2D eigenvalue weighted by atomic mass is 32.2. The number of thioether (sulfide) groups is 1. The van der Waals surface area contributed by atoms with Crippen molar-refractivity contribution in [2.45, 2.75) is 18.0 Å². The lowest BCUT2D eigenvalue weighted by Gasteiger charge is -2.08. The van der Waals surface area contributed by atoms with Crippen LogP contribution in [-0.4, -0.2) is 16.6 Å². The average molecular weight is 332 g/mol.